The Balaban J connectivity index is 2.35. The molecule has 0 heterocycles. The van der Waals surface area contributed by atoms with Crippen LogP contribution in [0.25, 0.3) is 0 Å². The van der Waals surface area contributed by atoms with E-state index in [0.717, 1.165) is 24.8 Å². The Morgan fingerprint density at radius 3 is 2.37 bits per heavy atom. The number of hydrogen-bond acceptors (Lipinski definition) is 4. The van der Waals surface area contributed by atoms with Crippen LogP contribution in [0.4, 0.5) is 4.79 Å². The summed E-state index contributed by atoms with van der Waals surface area (Å²) in [5.41, 5.74) is 6.26. The van der Waals surface area contributed by atoms with Crippen LogP contribution in [0.2, 0.25) is 0 Å². The van der Waals surface area contributed by atoms with Crippen molar-refractivity contribution < 1.29 is 19.1 Å². The summed E-state index contributed by atoms with van der Waals surface area (Å²) >= 11 is 0. The molecule has 0 saturated carbocycles. The van der Waals surface area contributed by atoms with Gasteiger partial charge in [-0.15, -0.1) is 0 Å². The van der Waals surface area contributed by atoms with Gasteiger partial charge in [-0.25, -0.2) is 4.79 Å². The topological polar surface area (TPSA) is 98.5 Å². The van der Waals surface area contributed by atoms with Crippen molar-refractivity contribution in [2.45, 2.75) is 70.8 Å². The number of Topliss-reactive ketones (excluding diaryl/α,β-unsaturated/α-hetero) is 1. The fourth-order valence-corrected chi connectivity index (χ4v) is 2.79. The first-order valence-electron chi connectivity index (χ1n) is 9.81. The summed E-state index contributed by atoms with van der Waals surface area (Å²) in [5, 5.41) is 2.48. The van der Waals surface area contributed by atoms with Gasteiger partial charge in [0, 0.05) is 12.8 Å². The van der Waals surface area contributed by atoms with E-state index in [1.165, 1.54) is 19.3 Å². The van der Waals surface area contributed by atoms with Crippen molar-refractivity contribution >= 4 is 17.8 Å². The number of amides is 2. The van der Waals surface area contributed by atoms with E-state index in [1.807, 2.05) is 30.3 Å². The number of nitrogens with two attached hydrogens (primary N) is 1. The van der Waals surface area contributed by atoms with E-state index in [9.17, 15) is 14.4 Å². The smallest absolute Gasteiger partial charge is 0.407 e. The van der Waals surface area contributed by atoms with Crippen LogP contribution in [0.1, 0.15) is 63.9 Å². The van der Waals surface area contributed by atoms with Gasteiger partial charge in [0.15, 0.2) is 5.78 Å². The summed E-state index contributed by atoms with van der Waals surface area (Å²) in [6.07, 6.45) is 6.37. The molecular formula is C21H32N2O4. The Hall–Kier alpha value is -2.37. The van der Waals surface area contributed by atoms with Gasteiger partial charge in [-0.2, -0.15) is 0 Å². The summed E-state index contributed by atoms with van der Waals surface area (Å²) in [5.74, 6) is -0.801. The maximum absolute atomic E-state index is 12.3. The van der Waals surface area contributed by atoms with Gasteiger partial charge in [0.05, 0.1) is 19.1 Å². The lowest BCUT2D eigenvalue weighted by Crippen LogP contribution is -2.43. The van der Waals surface area contributed by atoms with Crippen molar-refractivity contribution in [1.82, 2.24) is 5.32 Å². The molecule has 0 fully saturated rings. The second-order valence-electron chi connectivity index (χ2n) is 6.72. The molecule has 1 aromatic carbocycles. The minimum absolute atomic E-state index is 0.177. The molecule has 150 valence electrons. The highest BCUT2D eigenvalue weighted by Gasteiger charge is 2.22. The molecule has 0 aliphatic heterocycles. The van der Waals surface area contributed by atoms with Crippen molar-refractivity contribution in [3.63, 3.8) is 0 Å². The van der Waals surface area contributed by atoms with Crippen molar-refractivity contribution in [3.05, 3.63) is 35.9 Å². The maximum atomic E-state index is 12.3. The second-order valence-corrected chi connectivity index (χ2v) is 6.72. The van der Waals surface area contributed by atoms with E-state index < -0.39 is 18.0 Å². The SMILES string of the molecule is CCCCCCCCC(=O)[C@H](CC(N)=O)NC(=O)OCCc1ccccc1. The zero-order valence-corrected chi connectivity index (χ0v) is 16.2. The molecule has 0 aliphatic carbocycles. The highest BCUT2D eigenvalue weighted by molar-refractivity contribution is 5.91. The molecule has 6 nitrogen and oxygen atoms in total. The third-order valence-corrected chi connectivity index (χ3v) is 4.33. The number of unbranched alkanes of at least 4 members (excludes halogenated alkanes) is 5. The largest absolute Gasteiger partial charge is 0.449 e. The Bertz CT molecular complexity index is 575. The number of primary amides is 1. The molecule has 0 spiro atoms. The highest BCUT2D eigenvalue weighted by atomic mass is 16.5. The molecule has 1 rings (SSSR count). The molecule has 6 heteroatoms. The number of rotatable bonds is 14. The minimum atomic E-state index is -0.914. The van der Waals surface area contributed by atoms with Crippen LogP contribution in [-0.2, 0) is 20.7 Å². The molecular weight excluding hydrogens is 344 g/mol. The molecule has 0 radical (unpaired) electrons. The fourth-order valence-electron chi connectivity index (χ4n) is 2.79. The van der Waals surface area contributed by atoms with Gasteiger partial charge >= 0.3 is 6.09 Å². The van der Waals surface area contributed by atoms with Gasteiger partial charge in [-0.1, -0.05) is 69.4 Å². The predicted molar refractivity (Wildman–Crippen MR) is 105 cm³/mol. The van der Waals surface area contributed by atoms with E-state index in [2.05, 4.69) is 12.2 Å². The van der Waals surface area contributed by atoms with E-state index in [-0.39, 0.29) is 18.8 Å². The van der Waals surface area contributed by atoms with Gasteiger partial charge in [-0.05, 0) is 12.0 Å². The van der Waals surface area contributed by atoms with Gasteiger partial charge in [-0.3, -0.25) is 9.59 Å². The fraction of sp³-hybridized carbons (Fsp3) is 0.571. The normalized spacial score (nSPS) is 11.6. The molecule has 2 amide bonds. The van der Waals surface area contributed by atoms with E-state index in [4.69, 9.17) is 10.5 Å². The number of ketones is 1. The number of carbonyl (C=O) groups is 3. The Kier molecular flexibility index (Phi) is 11.6. The standard InChI is InChI=1S/C21H32N2O4/c1-2-3-4-5-6-10-13-19(24)18(16-20(22)25)23-21(26)27-15-14-17-11-8-7-9-12-17/h7-9,11-12,18H,2-6,10,13-16H2,1H3,(H2,22,25)(H,23,26)/t18-/m0/s1. The van der Waals surface area contributed by atoms with Gasteiger partial charge in [0.1, 0.15) is 0 Å². The Morgan fingerprint density at radius 1 is 1.04 bits per heavy atom. The van der Waals surface area contributed by atoms with Gasteiger partial charge in [0.25, 0.3) is 0 Å². The summed E-state index contributed by atoms with van der Waals surface area (Å²) < 4.78 is 5.12. The molecule has 0 aliphatic rings. The number of alkyl carbamates (subject to hydrolysis) is 1. The van der Waals surface area contributed by atoms with E-state index >= 15 is 0 Å². The number of hydrogen-bond donors (Lipinski definition) is 2. The predicted octanol–water partition coefficient (Wildman–Crippen LogP) is 3.52. The molecule has 1 aromatic rings. The van der Waals surface area contributed by atoms with Crippen molar-refractivity contribution in [3.8, 4) is 0 Å². The van der Waals surface area contributed by atoms with Crippen molar-refractivity contribution in [2.75, 3.05) is 6.61 Å². The average molecular weight is 376 g/mol. The summed E-state index contributed by atoms with van der Waals surface area (Å²) in [6.45, 7) is 2.35. The molecule has 3 N–H and O–H groups in total. The van der Waals surface area contributed by atoms with E-state index in [1.54, 1.807) is 0 Å². The van der Waals surface area contributed by atoms with Crippen molar-refractivity contribution in [2.24, 2.45) is 5.73 Å². The summed E-state index contributed by atoms with van der Waals surface area (Å²) in [4.78, 5) is 35.5. The number of carbonyl (C=O) groups excluding carboxylic acids is 3. The van der Waals surface area contributed by atoms with Crippen LogP contribution in [0.3, 0.4) is 0 Å². The third-order valence-electron chi connectivity index (χ3n) is 4.33. The molecule has 0 saturated heterocycles. The van der Waals surface area contributed by atoms with E-state index in [0.29, 0.717) is 12.8 Å². The van der Waals surface area contributed by atoms with Crippen LogP contribution >= 0.6 is 0 Å². The number of benzene rings is 1. The molecule has 0 aromatic heterocycles. The monoisotopic (exact) mass is 376 g/mol. The maximum Gasteiger partial charge on any atom is 0.407 e. The van der Waals surface area contributed by atoms with Crippen LogP contribution in [0.5, 0.6) is 0 Å². The quantitative estimate of drug-likeness (QED) is 0.485. The first-order valence-corrected chi connectivity index (χ1v) is 9.81. The number of ether oxygens (including phenoxy) is 1. The first-order chi connectivity index (χ1) is 13.0. The second kappa shape index (κ2) is 13.8. The zero-order valence-electron chi connectivity index (χ0n) is 16.2. The minimum Gasteiger partial charge on any atom is -0.449 e. The average Bonchev–Trinajstić information content (AvgIpc) is 2.64. The molecule has 0 unspecified atom stereocenters. The Morgan fingerprint density at radius 2 is 1.70 bits per heavy atom. The van der Waals surface area contributed by atoms with Crippen LogP contribution in [-0.4, -0.2) is 30.4 Å². The molecule has 1 atom stereocenters. The lowest BCUT2D eigenvalue weighted by Gasteiger charge is -2.16. The summed E-state index contributed by atoms with van der Waals surface area (Å²) in [7, 11) is 0. The lowest BCUT2D eigenvalue weighted by molar-refractivity contribution is -0.125. The van der Waals surface area contributed by atoms with Crippen LogP contribution in [0, 0.1) is 0 Å². The zero-order chi connectivity index (χ0) is 19.9. The third kappa shape index (κ3) is 11.1. The Labute approximate surface area is 161 Å². The first kappa shape index (κ1) is 22.7. The molecule has 0 bridgehead atoms. The lowest BCUT2D eigenvalue weighted by atomic mass is 10.0. The number of nitrogens with one attached hydrogen (secondary N) is 1. The summed E-state index contributed by atoms with van der Waals surface area (Å²) in [6, 6.07) is 8.73. The van der Waals surface area contributed by atoms with Crippen molar-refractivity contribution in [1.29, 1.82) is 0 Å². The van der Waals surface area contributed by atoms with Gasteiger partial charge in [0.2, 0.25) is 5.91 Å². The van der Waals surface area contributed by atoms with Crippen LogP contribution < -0.4 is 11.1 Å². The molecule has 27 heavy (non-hydrogen) atoms. The van der Waals surface area contributed by atoms with Crippen LogP contribution in [0.15, 0.2) is 30.3 Å². The van der Waals surface area contributed by atoms with Gasteiger partial charge < -0.3 is 15.8 Å². The highest BCUT2D eigenvalue weighted by Crippen LogP contribution is 2.09.